The molecule has 8 heteroatoms. The average Bonchev–Trinajstić information content (AvgIpc) is 3.33. The van der Waals surface area contributed by atoms with Gasteiger partial charge in [0.05, 0.1) is 6.54 Å². The number of hydrogen-bond donors (Lipinski definition) is 1. The van der Waals surface area contributed by atoms with E-state index in [-0.39, 0.29) is 11.3 Å². The van der Waals surface area contributed by atoms with Gasteiger partial charge in [0.2, 0.25) is 5.82 Å². The van der Waals surface area contributed by atoms with Crippen LogP contribution in [-0.2, 0) is 19.5 Å². The lowest BCUT2D eigenvalue weighted by Gasteiger charge is -2.44. The van der Waals surface area contributed by atoms with Gasteiger partial charge in [0, 0.05) is 31.1 Å². The van der Waals surface area contributed by atoms with E-state index < -0.39 is 0 Å². The highest BCUT2D eigenvalue weighted by atomic mass is 32.1. The average molecular weight is 403 g/mol. The lowest BCUT2D eigenvalue weighted by atomic mass is 9.73. The van der Waals surface area contributed by atoms with E-state index in [1.807, 2.05) is 11.6 Å². The fourth-order valence-corrected chi connectivity index (χ4v) is 4.97. The highest BCUT2D eigenvalue weighted by Gasteiger charge is 2.39. The molecule has 2 aliphatic heterocycles. The molecule has 1 spiro atoms. The molecule has 0 unspecified atom stereocenters. The Labute approximate surface area is 170 Å². The molecule has 2 aliphatic rings. The molecule has 4 heterocycles. The number of nitrogens with zero attached hydrogens (tertiary/aromatic N) is 5. The second kappa shape index (κ2) is 8.29. The number of carbonyl (C=O) groups excluding carboxylic acids is 1. The van der Waals surface area contributed by atoms with Crippen LogP contribution in [0.1, 0.15) is 61.0 Å². The van der Waals surface area contributed by atoms with Gasteiger partial charge in [0.1, 0.15) is 10.8 Å². The zero-order valence-electron chi connectivity index (χ0n) is 16.9. The van der Waals surface area contributed by atoms with Crippen molar-refractivity contribution in [2.45, 2.75) is 59.0 Å². The fraction of sp³-hybridized carbons (Fsp3) is 0.700. The standard InChI is InChI=1S/C20H30N6OS/c1-15(2)4-8-22-19(27)18-24-23-16-3-5-20(14-26(16)18)6-10-25(11-7-20)13-17-21-9-12-28-17/h9,12,15H,3-8,10-11,13-14H2,1-2H3,(H,22,27). The molecule has 2 aromatic heterocycles. The van der Waals surface area contributed by atoms with E-state index in [0.29, 0.717) is 18.3 Å². The first-order valence-electron chi connectivity index (χ1n) is 10.4. The quantitative estimate of drug-likeness (QED) is 0.804. The van der Waals surface area contributed by atoms with E-state index in [4.69, 9.17) is 0 Å². The third-order valence-corrected chi connectivity index (χ3v) is 6.93. The minimum atomic E-state index is -0.0855. The van der Waals surface area contributed by atoms with Gasteiger partial charge in [-0.3, -0.25) is 9.69 Å². The SMILES string of the molecule is CC(C)CCNC(=O)c1nnc2n1CC1(CC2)CCN(Cc2nccs2)CC1. The van der Waals surface area contributed by atoms with Crippen LogP contribution in [0.25, 0.3) is 0 Å². The number of fused-ring (bicyclic) bond motifs is 1. The molecule has 0 atom stereocenters. The molecule has 0 aliphatic carbocycles. The molecule has 152 valence electrons. The van der Waals surface area contributed by atoms with Gasteiger partial charge >= 0.3 is 0 Å². The van der Waals surface area contributed by atoms with Gasteiger partial charge in [-0.1, -0.05) is 13.8 Å². The Morgan fingerprint density at radius 2 is 2.11 bits per heavy atom. The summed E-state index contributed by atoms with van der Waals surface area (Å²) in [6.07, 6.45) is 7.23. The molecule has 1 N–H and O–H groups in total. The summed E-state index contributed by atoms with van der Waals surface area (Å²) in [6.45, 7) is 9.02. The van der Waals surface area contributed by atoms with Crippen LogP contribution in [-0.4, -0.2) is 50.2 Å². The summed E-state index contributed by atoms with van der Waals surface area (Å²) >= 11 is 1.73. The van der Waals surface area contributed by atoms with Crippen LogP contribution in [0.3, 0.4) is 0 Å². The van der Waals surface area contributed by atoms with Crippen LogP contribution in [0.5, 0.6) is 0 Å². The number of amides is 1. The Morgan fingerprint density at radius 3 is 2.82 bits per heavy atom. The Bertz CT molecular complexity index is 792. The van der Waals surface area contributed by atoms with E-state index >= 15 is 0 Å². The molecule has 7 nitrogen and oxygen atoms in total. The monoisotopic (exact) mass is 402 g/mol. The molecule has 0 aromatic carbocycles. The Hall–Kier alpha value is -1.80. The van der Waals surface area contributed by atoms with Crippen LogP contribution in [0.4, 0.5) is 0 Å². The zero-order valence-corrected chi connectivity index (χ0v) is 17.7. The highest BCUT2D eigenvalue weighted by molar-refractivity contribution is 7.09. The molecular formula is C20H30N6OS. The predicted octanol–water partition coefficient (Wildman–Crippen LogP) is 2.74. The normalized spacial score (nSPS) is 19.1. The summed E-state index contributed by atoms with van der Waals surface area (Å²) in [5, 5.41) is 14.8. The van der Waals surface area contributed by atoms with Crippen LogP contribution >= 0.6 is 11.3 Å². The summed E-state index contributed by atoms with van der Waals surface area (Å²) in [5.41, 5.74) is 0.266. The van der Waals surface area contributed by atoms with Crippen LogP contribution in [0.15, 0.2) is 11.6 Å². The number of hydrogen-bond acceptors (Lipinski definition) is 6. The molecule has 1 saturated heterocycles. The Kier molecular flexibility index (Phi) is 5.78. The van der Waals surface area contributed by atoms with Gasteiger partial charge in [-0.05, 0) is 50.1 Å². The number of aromatic nitrogens is 4. The number of nitrogens with one attached hydrogen (secondary N) is 1. The number of piperidine rings is 1. The summed E-state index contributed by atoms with van der Waals surface area (Å²) in [4.78, 5) is 19.5. The van der Waals surface area contributed by atoms with Gasteiger partial charge in [-0.2, -0.15) is 0 Å². The first-order valence-corrected chi connectivity index (χ1v) is 11.2. The van der Waals surface area contributed by atoms with Gasteiger partial charge < -0.3 is 9.88 Å². The van der Waals surface area contributed by atoms with E-state index in [1.165, 1.54) is 5.01 Å². The van der Waals surface area contributed by atoms with Crippen LogP contribution in [0, 0.1) is 11.3 Å². The number of rotatable bonds is 6. The van der Waals surface area contributed by atoms with E-state index in [9.17, 15) is 4.79 Å². The van der Waals surface area contributed by atoms with Crippen molar-refractivity contribution in [3.8, 4) is 0 Å². The van der Waals surface area contributed by atoms with Gasteiger partial charge in [-0.15, -0.1) is 21.5 Å². The van der Waals surface area contributed by atoms with Crippen LogP contribution < -0.4 is 5.32 Å². The lowest BCUT2D eigenvalue weighted by Crippen LogP contribution is -2.44. The Morgan fingerprint density at radius 1 is 1.29 bits per heavy atom. The molecule has 2 aromatic rings. The molecule has 1 amide bonds. The maximum absolute atomic E-state index is 12.6. The van der Waals surface area contributed by atoms with Gasteiger partial charge in [0.15, 0.2) is 0 Å². The minimum Gasteiger partial charge on any atom is -0.349 e. The van der Waals surface area contributed by atoms with Gasteiger partial charge in [-0.25, -0.2) is 4.98 Å². The van der Waals surface area contributed by atoms with Crippen molar-refractivity contribution in [2.24, 2.45) is 11.3 Å². The highest BCUT2D eigenvalue weighted by Crippen LogP contribution is 2.41. The first kappa shape index (κ1) is 19.5. The number of likely N-dealkylation sites (tertiary alicyclic amines) is 1. The minimum absolute atomic E-state index is 0.0855. The first-order chi connectivity index (χ1) is 13.5. The van der Waals surface area contributed by atoms with Crippen molar-refractivity contribution >= 4 is 17.2 Å². The molecular weight excluding hydrogens is 372 g/mol. The van der Waals surface area contributed by atoms with Gasteiger partial charge in [0.25, 0.3) is 5.91 Å². The maximum Gasteiger partial charge on any atom is 0.289 e. The van der Waals surface area contributed by atoms with Crippen molar-refractivity contribution < 1.29 is 4.79 Å². The third kappa shape index (κ3) is 4.27. The van der Waals surface area contributed by atoms with Crippen LogP contribution in [0.2, 0.25) is 0 Å². The summed E-state index contributed by atoms with van der Waals surface area (Å²) in [7, 11) is 0. The molecule has 0 saturated carbocycles. The van der Waals surface area contributed by atoms with Crippen molar-refractivity contribution in [3.05, 3.63) is 28.2 Å². The van der Waals surface area contributed by atoms with E-state index in [1.54, 1.807) is 11.3 Å². The summed E-state index contributed by atoms with van der Waals surface area (Å²) in [6, 6.07) is 0. The predicted molar refractivity (Wildman–Crippen MR) is 109 cm³/mol. The lowest BCUT2D eigenvalue weighted by molar-refractivity contribution is 0.0617. The molecule has 0 bridgehead atoms. The summed E-state index contributed by atoms with van der Waals surface area (Å²) in [5.74, 6) is 1.94. The van der Waals surface area contributed by atoms with Crippen molar-refractivity contribution in [2.75, 3.05) is 19.6 Å². The fourth-order valence-electron chi connectivity index (χ4n) is 4.32. The summed E-state index contributed by atoms with van der Waals surface area (Å²) < 4.78 is 2.09. The van der Waals surface area contributed by atoms with Crippen molar-refractivity contribution in [1.82, 2.24) is 30.0 Å². The molecule has 4 rings (SSSR count). The molecule has 28 heavy (non-hydrogen) atoms. The second-order valence-electron chi connectivity index (χ2n) is 8.67. The van der Waals surface area contributed by atoms with E-state index in [0.717, 1.165) is 64.1 Å². The largest absolute Gasteiger partial charge is 0.349 e. The second-order valence-corrected chi connectivity index (χ2v) is 9.65. The number of carbonyl (C=O) groups is 1. The molecule has 1 fully saturated rings. The zero-order chi connectivity index (χ0) is 19.6. The number of aryl methyl sites for hydroxylation is 1. The maximum atomic E-state index is 12.6. The number of thiazole rings is 1. The topological polar surface area (TPSA) is 75.9 Å². The smallest absolute Gasteiger partial charge is 0.289 e. The van der Waals surface area contributed by atoms with Crippen molar-refractivity contribution in [1.29, 1.82) is 0 Å². The third-order valence-electron chi connectivity index (χ3n) is 6.17. The van der Waals surface area contributed by atoms with E-state index in [2.05, 4.69) is 43.8 Å². The Balaban J connectivity index is 1.38. The molecule has 0 radical (unpaired) electrons. The van der Waals surface area contributed by atoms with Crippen molar-refractivity contribution in [3.63, 3.8) is 0 Å².